The van der Waals surface area contributed by atoms with Crippen LogP contribution in [0.2, 0.25) is 0 Å². The molecule has 8 heteroatoms. The highest BCUT2D eigenvalue weighted by atomic mass is 32.2. The van der Waals surface area contributed by atoms with E-state index in [-0.39, 0.29) is 18.0 Å². The maximum Gasteiger partial charge on any atom is 0.338 e. The number of primary amides is 1. The minimum Gasteiger partial charge on any atom is -0.462 e. The Morgan fingerprint density at radius 1 is 1.30 bits per heavy atom. The van der Waals surface area contributed by atoms with Gasteiger partial charge in [0.2, 0.25) is 15.9 Å². The summed E-state index contributed by atoms with van der Waals surface area (Å²) in [7, 11) is -3.71. The number of carbonyl (C=O) groups is 2. The van der Waals surface area contributed by atoms with Crippen molar-refractivity contribution in [1.29, 1.82) is 0 Å². The molecule has 0 spiro atoms. The summed E-state index contributed by atoms with van der Waals surface area (Å²) < 4.78 is 31.4. The molecule has 1 fully saturated rings. The van der Waals surface area contributed by atoms with E-state index in [1.165, 1.54) is 28.6 Å². The van der Waals surface area contributed by atoms with E-state index in [9.17, 15) is 18.0 Å². The number of sulfonamides is 1. The zero-order valence-electron chi connectivity index (χ0n) is 12.9. The molecule has 1 aromatic carbocycles. The van der Waals surface area contributed by atoms with Gasteiger partial charge in [0.1, 0.15) is 0 Å². The Morgan fingerprint density at radius 2 is 1.96 bits per heavy atom. The smallest absolute Gasteiger partial charge is 0.338 e. The van der Waals surface area contributed by atoms with Gasteiger partial charge in [-0.3, -0.25) is 4.79 Å². The average Bonchev–Trinajstić information content (AvgIpc) is 2.55. The van der Waals surface area contributed by atoms with Crippen LogP contribution in [0.4, 0.5) is 0 Å². The minimum absolute atomic E-state index is 0.0793. The van der Waals surface area contributed by atoms with Crippen LogP contribution >= 0.6 is 0 Å². The number of benzene rings is 1. The molecular weight excluding hydrogens is 320 g/mol. The summed E-state index contributed by atoms with van der Waals surface area (Å²) in [6.07, 6.45) is 1.19. The Morgan fingerprint density at radius 3 is 2.52 bits per heavy atom. The standard InChI is InChI=1S/C15H20N2O5S/c1-2-22-15(19)11-5-7-13(8-6-11)23(20,21)17-9-3-4-12(10-17)14(16)18/h5-8,12H,2-4,9-10H2,1H3,(H2,16,18). The van der Waals surface area contributed by atoms with Gasteiger partial charge in [-0.1, -0.05) is 0 Å². The fourth-order valence-corrected chi connectivity index (χ4v) is 4.04. The minimum atomic E-state index is -3.71. The lowest BCUT2D eigenvalue weighted by molar-refractivity contribution is -0.122. The molecule has 23 heavy (non-hydrogen) atoms. The van der Waals surface area contributed by atoms with Crippen molar-refractivity contribution in [3.8, 4) is 0 Å². The zero-order valence-corrected chi connectivity index (χ0v) is 13.7. The quantitative estimate of drug-likeness (QED) is 0.796. The first-order chi connectivity index (χ1) is 10.9. The molecule has 1 atom stereocenters. The number of rotatable bonds is 5. The molecule has 1 aliphatic heterocycles. The molecule has 1 aromatic rings. The van der Waals surface area contributed by atoms with Crippen LogP contribution in [0.25, 0.3) is 0 Å². The van der Waals surface area contributed by atoms with Crippen molar-refractivity contribution in [2.24, 2.45) is 11.7 Å². The van der Waals surface area contributed by atoms with Crippen LogP contribution in [0.3, 0.4) is 0 Å². The molecular formula is C15H20N2O5S. The predicted octanol–water partition coefficient (Wildman–Crippen LogP) is 0.749. The Balaban J connectivity index is 2.19. The lowest BCUT2D eigenvalue weighted by Gasteiger charge is -2.30. The van der Waals surface area contributed by atoms with Crippen molar-refractivity contribution in [3.63, 3.8) is 0 Å². The van der Waals surface area contributed by atoms with Gasteiger partial charge in [0.25, 0.3) is 0 Å². The molecule has 1 amide bonds. The number of nitrogens with two attached hydrogens (primary N) is 1. The van der Waals surface area contributed by atoms with E-state index < -0.39 is 27.8 Å². The molecule has 2 N–H and O–H groups in total. The second-order valence-electron chi connectivity index (χ2n) is 5.35. The molecule has 0 aromatic heterocycles. The van der Waals surface area contributed by atoms with Crippen molar-refractivity contribution in [2.75, 3.05) is 19.7 Å². The number of hydrogen-bond donors (Lipinski definition) is 1. The molecule has 0 saturated carbocycles. The molecule has 0 aliphatic carbocycles. The molecule has 1 saturated heterocycles. The lowest BCUT2D eigenvalue weighted by atomic mass is 9.99. The number of ether oxygens (including phenoxy) is 1. The maximum absolute atomic E-state index is 12.6. The summed E-state index contributed by atoms with van der Waals surface area (Å²) in [5.74, 6) is -1.44. The third-order valence-electron chi connectivity index (χ3n) is 3.79. The van der Waals surface area contributed by atoms with Gasteiger partial charge in [-0.15, -0.1) is 0 Å². The van der Waals surface area contributed by atoms with Gasteiger partial charge in [-0.25, -0.2) is 13.2 Å². The Kier molecular flexibility index (Phi) is 5.38. The lowest BCUT2D eigenvalue weighted by Crippen LogP contribution is -2.44. The van der Waals surface area contributed by atoms with Gasteiger partial charge >= 0.3 is 5.97 Å². The van der Waals surface area contributed by atoms with Gasteiger partial charge in [0, 0.05) is 13.1 Å². The molecule has 1 heterocycles. The van der Waals surface area contributed by atoms with Gasteiger partial charge in [-0.2, -0.15) is 4.31 Å². The summed E-state index contributed by atoms with van der Waals surface area (Å²) in [5.41, 5.74) is 5.57. The van der Waals surface area contributed by atoms with Crippen LogP contribution in [-0.4, -0.2) is 44.3 Å². The summed E-state index contributed by atoms with van der Waals surface area (Å²) in [5, 5.41) is 0. The van der Waals surface area contributed by atoms with Crippen LogP contribution in [0.5, 0.6) is 0 Å². The highest BCUT2D eigenvalue weighted by Crippen LogP contribution is 2.24. The number of amides is 1. The number of carbonyl (C=O) groups excluding carboxylic acids is 2. The Labute approximate surface area is 135 Å². The first-order valence-corrected chi connectivity index (χ1v) is 8.87. The monoisotopic (exact) mass is 340 g/mol. The van der Waals surface area contributed by atoms with E-state index in [0.717, 1.165) is 0 Å². The second-order valence-corrected chi connectivity index (χ2v) is 7.29. The van der Waals surface area contributed by atoms with Crippen LogP contribution in [0, 0.1) is 5.92 Å². The Hall–Kier alpha value is -1.93. The van der Waals surface area contributed by atoms with E-state index in [0.29, 0.717) is 24.9 Å². The SMILES string of the molecule is CCOC(=O)c1ccc(S(=O)(=O)N2CCCC(C(N)=O)C2)cc1. The van der Waals surface area contributed by atoms with Crippen molar-refractivity contribution < 1.29 is 22.7 Å². The predicted molar refractivity (Wildman–Crippen MR) is 83.1 cm³/mol. The first-order valence-electron chi connectivity index (χ1n) is 7.43. The van der Waals surface area contributed by atoms with Crippen LogP contribution in [-0.2, 0) is 19.6 Å². The van der Waals surface area contributed by atoms with E-state index in [2.05, 4.69) is 0 Å². The summed E-state index contributed by atoms with van der Waals surface area (Å²) in [6, 6.07) is 5.58. The number of nitrogens with zero attached hydrogens (tertiary/aromatic N) is 1. The summed E-state index contributed by atoms with van der Waals surface area (Å²) in [6.45, 7) is 2.40. The topological polar surface area (TPSA) is 107 Å². The number of esters is 1. The first kappa shape index (κ1) is 17.4. The average molecular weight is 340 g/mol. The fraction of sp³-hybridized carbons (Fsp3) is 0.467. The largest absolute Gasteiger partial charge is 0.462 e. The van der Waals surface area contributed by atoms with Crippen LogP contribution in [0.1, 0.15) is 30.1 Å². The maximum atomic E-state index is 12.6. The number of hydrogen-bond acceptors (Lipinski definition) is 5. The molecule has 1 unspecified atom stereocenters. The van der Waals surface area contributed by atoms with Crippen molar-refractivity contribution in [1.82, 2.24) is 4.31 Å². The van der Waals surface area contributed by atoms with E-state index >= 15 is 0 Å². The molecule has 0 radical (unpaired) electrons. The fourth-order valence-electron chi connectivity index (χ4n) is 2.52. The molecule has 0 bridgehead atoms. The molecule has 1 aliphatic rings. The van der Waals surface area contributed by atoms with Crippen LogP contribution in [0.15, 0.2) is 29.2 Å². The van der Waals surface area contributed by atoms with Crippen molar-refractivity contribution >= 4 is 21.9 Å². The summed E-state index contributed by atoms with van der Waals surface area (Å²) in [4.78, 5) is 23.0. The summed E-state index contributed by atoms with van der Waals surface area (Å²) >= 11 is 0. The normalized spacial score (nSPS) is 19.3. The molecule has 2 rings (SSSR count). The third-order valence-corrected chi connectivity index (χ3v) is 5.67. The highest BCUT2D eigenvalue weighted by Gasteiger charge is 2.32. The second kappa shape index (κ2) is 7.10. The van der Waals surface area contributed by atoms with E-state index in [4.69, 9.17) is 10.5 Å². The van der Waals surface area contributed by atoms with E-state index in [1.54, 1.807) is 6.92 Å². The molecule has 7 nitrogen and oxygen atoms in total. The van der Waals surface area contributed by atoms with Crippen LogP contribution < -0.4 is 5.73 Å². The van der Waals surface area contributed by atoms with Gasteiger partial charge in [-0.05, 0) is 44.0 Å². The number of piperidine rings is 1. The van der Waals surface area contributed by atoms with Gasteiger partial charge in [0.05, 0.1) is 23.0 Å². The highest BCUT2D eigenvalue weighted by molar-refractivity contribution is 7.89. The van der Waals surface area contributed by atoms with Gasteiger partial charge in [0.15, 0.2) is 0 Å². The zero-order chi connectivity index (χ0) is 17.0. The molecule has 126 valence electrons. The third kappa shape index (κ3) is 3.89. The Bertz CT molecular complexity index is 684. The van der Waals surface area contributed by atoms with Crippen molar-refractivity contribution in [3.05, 3.63) is 29.8 Å². The van der Waals surface area contributed by atoms with Crippen molar-refractivity contribution in [2.45, 2.75) is 24.7 Å². The van der Waals surface area contributed by atoms with Gasteiger partial charge < -0.3 is 10.5 Å². The van der Waals surface area contributed by atoms with E-state index in [1.807, 2.05) is 0 Å².